The summed E-state index contributed by atoms with van der Waals surface area (Å²) in [5, 5.41) is 17.2. The Morgan fingerprint density at radius 2 is 2.27 bits per heavy atom. The van der Waals surface area contributed by atoms with Gasteiger partial charge in [0.25, 0.3) is 0 Å². The molecule has 0 bridgehead atoms. The molecule has 0 heterocycles. The second-order valence-corrected chi connectivity index (χ2v) is 3.49. The first-order chi connectivity index (χ1) is 5.16. The van der Waals surface area contributed by atoms with E-state index < -0.39 is 12.1 Å². The van der Waals surface area contributed by atoms with Gasteiger partial charge < -0.3 is 10.2 Å². The average molecular weight is 199 g/mol. The van der Waals surface area contributed by atoms with Crippen LogP contribution in [-0.4, -0.2) is 39.7 Å². The normalized spacial score (nSPS) is 12.9. The van der Waals surface area contributed by atoms with Crippen molar-refractivity contribution in [2.75, 3.05) is 17.4 Å². The molecular weight excluding hydrogens is 188 g/mol. The molecule has 1 atom stereocenters. The van der Waals surface area contributed by atoms with Gasteiger partial charge in [-0.25, -0.2) is 0 Å². The van der Waals surface area contributed by atoms with Crippen LogP contribution < -0.4 is 0 Å². The summed E-state index contributed by atoms with van der Waals surface area (Å²) < 4.78 is 0. The van der Waals surface area contributed by atoms with E-state index in [1.165, 1.54) is 11.8 Å². The van der Waals surface area contributed by atoms with Gasteiger partial charge in [-0.1, -0.05) is 0 Å². The van der Waals surface area contributed by atoms with Gasteiger partial charge in [-0.3, -0.25) is 4.79 Å². The fourth-order valence-electron chi connectivity index (χ4n) is 0.423. The van der Waals surface area contributed by atoms with Crippen molar-refractivity contribution in [3.8, 4) is 0 Å². The van der Waals surface area contributed by atoms with E-state index in [-0.39, 0.29) is 12.3 Å². The lowest BCUT2D eigenvalue weighted by Crippen LogP contribution is -2.12. The van der Waals surface area contributed by atoms with Crippen LogP contribution in [-0.2, 0) is 4.79 Å². The van der Waals surface area contributed by atoms with Crippen molar-refractivity contribution in [3.63, 3.8) is 0 Å². The predicted octanol–water partition coefficient (Wildman–Crippen LogP) is 0.794. The lowest BCUT2D eigenvalue weighted by atomic mass is 10.5. The number of hydrogen-bond acceptors (Lipinski definition) is 3. The standard InChI is InChI=1S/C6H11ClO3S/c7-3-5(8)4-11-2-1-6(9)10/h5,8H,1-4H2,(H,9,10). The monoisotopic (exact) mass is 198 g/mol. The molecule has 0 aliphatic heterocycles. The average Bonchev–Trinajstić information content (AvgIpc) is 1.97. The SMILES string of the molecule is O=C(O)CCSCC(O)CCl. The quantitative estimate of drug-likeness (QED) is 0.490. The van der Waals surface area contributed by atoms with Gasteiger partial charge >= 0.3 is 5.97 Å². The molecule has 1 unspecified atom stereocenters. The van der Waals surface area contributed by atoms with Crippen molar-refractivity contribution >= 4 is 29.3 Å². The van der Waals surface area contributed by atoms with Crippen molar-refractivity contribution < 1.29 is 15.0 Å². The maximum Gasteiger partial charge on any atom is 0.304 e. The third-order valence-electron chi connectivity index (χ3n) is 0.949. The molecule has 0 saturated heterocycles. The Labute approximate surface area is 74.7 Å². The number of thioether (sulfide) groups is 1. The summed E-state index contributed by atoms with van der Waals surface area (Å²) in [6.07, 6.45) is -0.380. The van der Waals surface area contributed by atoms with Crippen LogP contribution in [0.4, 0.5) is 0 Å². The molecule has 0 aromatic heterocycles. The summed E-state index contributed by atoms with van der Waals surface area (Å²) in [4.78, 5) is 10.0. The number of aliphatic carboxylic acids is 1. The summed E-state index contributed by atoms with van der Waals surface area (Å²) in [7, 11) is 0. The molecule has 0 fully saturated rings. The number of alkyl halides is 1. The topological polar surface area (TPSA) is 57.5 Å². The van der Waals surface area contributed by atoms with Gasteiger partial charge in [0.2, 0.25) is 0 Å². The Morgan fingerprint density at radius 1 is 1.64 bits per heavy atom. The Kier molecular flexibility index (Phi) is 6.80. The van der Waals surface area contributed by atoms with Gasteiger partial charge in [-0.2, -0.15) is 11.8 Å². The molecule has 2 N–H and O–H groups in total. The maximum absolute atomic E-state index is 10.0. The Bertz CT molecular complexity index is 120. The summed E-state index contributed by atoms with van der Waals surface area (Å²) in [6, 6.07) is 0. The Balaban J connectivity index is 3.08. The van der Waals surface area contributed by atoms with E-state index in [9.17, 15) is 4.79 Å². The summed E-state index contributed by atoms with van der Waals surface area (Å²) >= 11 is 6.71. The number of carbonyl (C=O) groups is 1. The second-order valence-electron chi connectivity index (χ2n) is 2.03. The van der Waals surface area contributed by atoms with Crippen LogP contribution in [0.3, 0.4) is 0 Å². The van der Waals surface area contributed by atoms with Crippen LogP contribution in [0.15, 0.2) is 0 Å². The molecule has 66 valence electrons. The first kappa shape index (κ1) is 11.1. The largest absolute Gasteiger partial charge is 0.481 e. The first-order valence-electron chi connectivity index (χ1n) is 3.20. The number of aliphatic hydroxyl groups is 1. The molecule has 0 amide bonds. The minimum atomic E-state index is -0.808. The van der Waals surface area contributed by atoms with Gasteiger partial charge in [0.1, 0.15) is 0 Å². The van der Waals surface area contributed by atoms with Gasteiger partial charge in [0, 0.05) is 17.4 Å². The smallest absolute Gasteiger partial charge is 0.304 e. The number of rotatable bonds is 6. The number of halogens is 1. The first-order valence-corrected chi connectivity index (χ1v) is 4.89. The highest BCUT2D eigenvalue weighted by atomic mass is 35.5. The van der Waals surface area contributed by atoms with E-state index in [0.29, 0.717) is 11.5 Å². The highest BCUT2D eigenvalue weighted by molar-refractivity contribution is 7.99. The summed E-state index contributed by atoms with van der Waals surface area (Å²) in [6.45, 7) is 0. The van der Waals surface area contributed by atoms with E-state index in [1.807, 2.05) is 0 Å². The fraction of sp³-hybridized carbons (Fsp3) is 0.833. The predicted molar refractivity (Wildman–Crippen MR) is 46.3 cm³/mol. The molecule has 3 nitrogen and oxygen atoms in total. The molecule has 0 aromatic rings. The lowest BCUT2D eigenvalue weighted by molar-refractivity contribution is -0.136. The number of carboxylic acids is 1. The van der Waals surface area contributed by atoms with Crippen molar-refractivity contribution in [3.05, 3.63) is 0 Å². The number of hydrogen-bond donors (Lipinski definition) is 2. The van der Waals surface area contributed by atoms with E-state index >= 15 is 0 Å². The number of carboxylic acid groups (broad SMARTS) is 1. The second kappa shape index (κ2) is 6.76. The van der Waals surface area contributed by atoms with Crippen LogP contribution in [0, 0.1) is 0 Å². The van der Waals surface area contributed by atoms with Crippen molar-refractivity contribution in [1.82, 2.24) is 0 Å². The molecular formula is C6H11ClO3S. The minimum absolute atomic E-state index is 0.139. The van der Waals surface area contributed by atoms with E-state index in [1.54, 1.807) is 0 Å². The third kappa shape index (κ3) is 7.97. The molecule has 0 spiro atoms. The van der Waals surface area contributed by atoms with Gasteiger partial charge in [-0.15, -0.1) is 11.6 Å². The van der Waals surface area contributed by atoms with Crippen LogP contribution in [0.1, 0.15) is 6.42 Å². The highest BCUT2D eigenvalue weighted by Gasteiger charge is 2.02. The molecule has 5 heteroatoms. The Morgan fingerprint density at radius 3 is 2.73 bits per heavy atom. The van der Waals surface area contributed by atoms with Crippen LogP contribution in [0.5, 0.6) is 0 Å². The number of aliphatic hydroxyl groups excluding tert-OH is 1. The molecule has 0 aromatic carbocycles. The van der Waals surface area contributed by atoms with Gasteiger partial charge in [0.15, 0.2) is 0 Å². The Hall–Kier alpha value is 0.0700. The van der Waals surface area contributed by atoms with Gasteiger partial charge in [-0.05, 0) is 0 Å². The molecule has 0 saturated carbocycles. The zero-order valence-corrected chi connectivity index (χ0v) is 7.57. The van der Waals surface area contributed by atoms with E-state index in [2.05, 4.69) is 0 Å². The zero-order valence-electron chi connectivity index (χ0n) is 5.99. The van der Waals surface area contributed by atoms with Crippen LogP contribution >= 0.6 is 23.4 Å². The van der Waals surface area contributed by atoms with Crippen molar-refractivity contribution in [2.45, 2.75) is 12.5 Å². The lowest BCUT2D eigenvalue weighted by Gasteiger charge is -2.03. The van der Waals surface area contributed by atoms with Crippen molar-refractivity contribution in [2.24, 2.45) is 0 Å². The van der Waals surface area contributed by atoms with Crippen LogP contribution in [0.25, 0.3) is 0 Å². The third-order valence-corrected chi connectivity index (χ3v) is 2.42. The van der Waals surface area contributed by atoms with E-state index in [4.69, 9.17) is 21.8 Å². The van der Waals surface area contributed by atoms with Crippen LogP contribution in [0.2, 0.25) is 0 Å². The minimum Gasteiger partial charge on any atom is -0.481 e. The molecule has 11 heavy (non-hydrogen) atoms. The highest BCUT2D eigenvalue weighted by Crippen LogP contribution is 2.05. The molecule has 0 rings (SSSR count). The zero-order chi connectivity index (χ0) is 8.69. The van der Waals surface area contributed by atoms with Crippen molar-refractivity contribution in [1.29, 1.82) is 0 Å². The van der Waals surface area contributed by atoms with E-state index in [0.717, 1.165) is 0 Å². The van der Waals surface area contributed by atoms with Gasteiger partial charge in [0.05, 0.1) is 12.5 Å². The molecule has 0 aliphatic carbocycles. The summed E-state index contributed by atoms with van der Waals surface area (Å²) in [5.74, 6) is 0.443. The molecule has 0 radical (unpaired) electrons. The fourth-order valence-corrected chi connectivity index (χ4v) is 1.54. The maximum atomic E-state index is 10.0. The summed E-state index contributed by atoms with van der Waals surface area (Å²) in [5.41, 5.74) is 0. The molecule has 0 aliphatic rings.